The third-order valence-electron chi connectivity index (χ3n) is 14.3. The fourth-order valence-corrected chi connectivity index (χ4v) is 9.66. The van der Waals surface area contributed by atoms with Crippen molar-refractivity contribution in [2.45, 2.75) is 354 Å². The number of ether oxygens (including phenoxy) is 1. The molecule has 0 radical (unpaired) electrons. The van der Waals surface area contributed by atoms with Crippen LogP contribution in [-0.2, 0) is 14.3 Å². The molecular weight excluding hydrogens is 839 g/mol. The lowest BCUT2D eigenvalue weighted by Crippen LogP contribution is -2.46. The van der Waals surface area contributed by atoms with Crippen molar-refractivity contribution in [1.29, 1.82) is 0 Å². The van der Waals surface area contributed by atoms with Gasteiger partial charge in [-0.1, -0.05) is 295 Å². The average Bonchev–Trinajstić information content (AvgIpc) is 3.33. The quantitative estimate of drug-likeness (QED) is 0.0321. The number of carbonyl (C=O) groups excluding carboxylic acids is 2. The van der Waals surface area contributed by atoms with Crippen LogP contribution in [0.3, 0.4) is 0 Å². The minimum atomic E-state index is -0.790. The second-order valence-corrected chi connectivity index (χ2v) is 21.1. The molecular formula is C62H119NO5. The molecule has 0 bridgehead atoms. The van der Waals surface area contributed by atoms with Gasteiger partial charge in [-0.05, 0) is 51.4 Å². The highest BCUT2D eigenvalue weighted by Crippen LogP contribution is 2.19. The fourth-order valence-electron chi connectivity index (χ4n) is 9.66. The van der Waals surface area contributed by atoms with Crippen molar-refractivity contribution in [3.8, 4) is 0 Å². The maximum atomic E-state index is 13.3. The van der Waals surface area contributed by atoms with Gasteiger partial charge >= 0.3 is 5.97 Å². The van der Waals surface area contributed by atoms with Gasteiger partial charge in [0, 0.05) is 6.42 Å². The highest BCUT2D eigenvalue weighted by atomic mass is 16.5. The third kappa shape index (κ3) is 50.7. The van der Waals surface area contributed by atoms with Crippen LogP contribution in [0.5, 0.6) is 0 Å². The summed E-state index contributed by atoms with van der Waals surface area (Å²) >= 11 is 0. The summed E-state index contributed by atoms with van der Waals surface area (Å²) in [7, 11) is 0. The number of esters is 1. The van der Waals surface area contributed by atoms with Crippen LogP contribution in [0.25, 0.3) is 0 Å². The Hall–Kier alpha value is -1.66. The van der Waals surface area contributed by atoms with Gasteiger partial charge < -0.3 is 20.3 Å². The second kappa shape index (κ2) is 56.3. The van der Waals surface area contributed by atoms with Crippen LogP contribution in [-0.4, -0.2) is 46.9 Å². The Balaban J connectivity index is 4.45. The van der Waals surface area contributed by atoms with Gasteiger partial charge in [-0.25, -0.2) is 0 Å². The number of hydrogen-bond donors (Lipinski definition) is 3. The number of aliphatic hydroxyl groups excluding tert-OH is 2. The van der Waals surface area contributed by atoms with E-state index in [1.54, 1.807) is 0 Å². The molecule has 68 heavy (non-hydrogen) atoms. The number of hydrogen-bond acceptors (Lipinski definition) is 5. The van der Waals surface area contributed by atoms with Crippen LogP contribution in [0, 0.1) is 0 Å². The zero-order valence-electron chi connectivity index (χ0n) is 46.0. The number of amides is 1. The molecule has 0 aromatic rings. The van der Waals surface area contributed by atoms with Gasteiger partial charge in [0.1, 0.15) is 6.10 Å². The molecule has 0 aliphatic carbocycles. The standard InChI is InChI=1S/C62H119NO5/c1-4-7-10-13-16-19-22-25-27-29-30-32-34-37-40-43-46-49-52-55-62(67)68-58(53-50-47-44-41-38-35-24-21-18-15-12-9-6-3)56-61(66)63-59(57-64)60(65)54-51-48-45-42-39-36-33-31-28-26-23-20-17-14-11-8-5-2/h18,21,24,35,58-60,64-65H,4-17,19-20,22-23,25-34,36-57H2,1-3H3,(H,63,66)/b21-18+,35-24+. The number of allylic oxidation sites excluding steroid dienone is 4. The van der Waals surface area contributed by atoms with Crippen LogP contribution in [0.1, 0.15) is 335 Å². The zero-order chi connectivity index (χ0) is 49.5. The van der Waals surface area contributed by atoms with E-state index in [1.807, 2.05) is 0 Å². The Morgan fingerprint density at radius 1 is 0.426 bits per heavy atom. The summed E-state index contributed by atoms with van der Waals surface area (Å²) in [5.41, 5.74) is 0. The van der Waals surface area contributed by atoms with E-state index in [1.165, 1.54) is 218 Å². The van der Waals surface area contributed by atoms with Gasteiger partial charge in [0.05, 0.1) is 25.2 Å². The molecule has 0 aliphatic heterocycles. The van der Waals surface area contributed by atoms with E-state index in [0.717, 1.165) is 70.6 Å². The topological polar surface area (TPSA) is 95.9 Å². The molecule has 1 amide bonds. The van der Waals surface area contributed by atoms with Crippen LogP contribution < -0.4 is 5.32 Å². The second-order valence-electron chi connectivity index (χ2n) is 21.1. The van der Waals surface area contributed by atoms with E-state index in [9.17, 15) is 19.8 Å². The van der Waals surface area contributed by atoms with Crippen molar-refractivity contribution in [2.75, 3.05) is 6.61 Å². The van der Waals surface area contributed by atoms with Gasteiger partial charge in [0.25, 0.3) is 0 Å². The minimum Gasteiger partial charge on any atom is -0.462 e. The molecule has 0 saturated carbocycles. The molecule has 3 atom stereocenters. The first-order chi connectivity index (χ1) is 33.5. The van der Waals surface area contributed by atoms with E-state index in [2.05, 4.69) is 50.4 Å². The average molecular weight is 959 g/mol. The molecule has 3 N–H and O–H groups in total. The maximum Gasteiger partial charge on any atom is 0.306 e. The Labute approximate surface area is 424 Å². The van der Waals surface area contributed by atoms with Gasteiger partial charge in [0.15, 0.2) is 0 Å². The number of nitrogens with one attached hydrogen (secondary N) is 1. The van der Waals surface area contributed by atoms with Crippen molar-refractivity contribution in [3.05, 3.63) is 24.3 Å². The Morgan fingerprint density at radius 3 is 1.12 bits per heavy atom. The molecule has 402 valence electrons. The SMILES string of the molecule is CCCCC/C=C/C=C/CCCCCCC(CC(=O)NC(CO)C(O)CCCCCCCCCCCCCCCCCCC)OC(=O)CCCCCCCCCCCCCCCCCCCCC. The Bertz CT molecular complexity index is 1080. The predicted molar refractivity (Wildman–Crippen MR) is 296 cm³/mol. The van der Waals surface area contributed by atoms with Gasteiger partial charge in [-0.2, -0.15) is 0 Å². The first-order valence-electron chi connectivity index (χ1n) is 30.6. The molecule has 0 heterocycles. The van der Waals surface area contributed by atoms with Crippen LogP contribution >= 0.6 is 0 Å². The van der Waals surface area contributed by atoms with Crippen molar-refractivity contribution in [3.63, 3.8) is 0 Å². The van der Waals surface area contributed by atoms with Crippen molar-refractivity contribution < 1.29 is 24.5 Å². The Kier molecular flexibility index (Phi) is 54.9. The first kappa shape index (κ1) is 66.3. The molecule has 0 aromatic heterocycles. The molecule has 6 nitrogen and oxygen atoms in total. The highest BCUT2D eigenvalue weighted by Gasteiger charge is 2.24. The summed E-state index contributed by atoms with van der Waals surface area (Å²) in [6.45, 7) is 6.50. The van der Waals surface area contributed by atoms with Crippen LogP contribution in [0.4, 0.5) is 0 Å². The molecule has 0 saturated heterocycles. The number of aliphatic hydroxyl groups is 2. The number of unbranched alkanes of at least 4 members (excludes halogenated alkanes) is 41. The predicted octanol–water partition coefficient (Wildman–Crippen LogP) is 19.0. The molecule has 6 heteroatoms. The van der Waals surface area contributed by atoms with Gasteiger partial charge in [0.2, 0.25) is 5.91 Å². The van der Waals surface area contributed by atoms with Gasteiger partial charge in [-0.3, -0.25) is 9.59 Å². The van der Waals surface area contributed by atoms with E-state index < -0.39 is 18.2 Å². The molecule has 0 fully saturated rings. The lowest BCUT2D eigenvalue weighted by molar-refractivity contribution is -0.151. The lowest BCUT2D eigenvalue weighted by atomic mass is 10.0. The van der Waals surface area contributed by atoms with Crippen molar-refractivity contribution in [2.24, 2.45) is 0 Å². The summed E-state index contributed by atoms with van der Waals surface area (Å²) < 4.78 is 5.96. The summed E-state index contributed by atoms with van der Waals surface area (Å²) in [6, 6.07) is -0.705. The largest absolute Gasteiger partial charge is 0.462 e. The number of rotatable bonds is 56. The van der Waals surface area contributed by atoms with Crippen molar-refractivity contribution in [1.82, 2.24) is 5.32 Å². The molecule has 0 spiro atoms. The van der Waals surface area contributed by atoms with Crippen LogP contribution in [0.15, 0.2) is 24.3 Å². The van der Waals surface area contributed by atoms with Gasteiger partial charge in [-0.15, -0.1) is 0 Å². The Morgan fingerprint density at radius 2 is 0.735 bits per heavy atom. The lowest BCUT2D eigenvalue weighted by Gasteiger charge is -2.24. The van der Waals surface area contributed by atoms with E-state index in [-0.39, 0.29) is 24.9 Å². The zero-order valence-corrected chi connectivity index (χ0v) is 46.0. The molecule has 0 rings (SSSR count). The highest BCUT2D eigenvalue weighted by molar-refractivity contribution is 5.77. The summed E-state index contributed by atoms with van der Waals surface area (Å²) in [5, 5.41) is 23.9. The van der Waals surface area contributed by atoms with E-state index in [0.29, 0.717) is 19.3 Å². The number of carbonyl (C=O) groups is 2. The van der Waals surface area contributed by atoms with E-state index in [4.69, 9.17) is 4.74 Å². The van der Waals surface area contributed by atoms with Crippen molar-refractivity contribution >= 4 is 11.9 Å². The normalized spacial score (nSPS) is 13.2. The monoisotopic (exact) mass is 958 g/mol. The fraction of sp³-hybridized carbons (Fsp3) is 0.903. The summed E-state index contributed by atoms with van der Waals surface area (Å²) in [4.78, 5) is 26.3. The summed E-state index contributed by atoms with van der Waals surface area (Å²) in [6.07, 6.45) is 66.8. The maximum absolute atomic E-state index is 13.3. The third-order valence-corrected chi connectivity index (χ3v) is 14.3. The van der Waals surface area contributed by atoms with E-state index >= 15 is 0 Å². The molecule has 0 aliphatic rings. The molecule has 0 aromatic carbocycles. The summed E-state index contributed by atoms with van der Waals surface area (Å²) in [5.74, 6) is -0.472. The minimum absolute atomic E-state index is 0.0700. The smallest absolute Gasteiger partial charge is 0.306 e. The molecule has 3 unspecified atom stereocenters. The van der Waals surface area contributed by atoms with Crippen LogP contribution in [0.2, 0.25) is 0 Å². The first-order valence-corrected chi connectivity index (χ1v) is 30.6.